The molecule has 0 radical (unpaired) electrons. The number of hydrogen-bond acceptors (Lipinski definition) is 3. The third kappa shape index (κ3) is 6.48. The Bertz CT molecular complexity index is 610. The molecule has 1 rings (SSSR count). The SMILES string of the molecule is CC(C)NC(=O)NCCN(c1ccc(C(C)C)cc1)S(C)(=O)=O. The summed E-state index contributed by atoms with van der Waals surface area (Å²) >= 11 is 0. The summed E-state index contributed by atoms with van der Waals surface area (Å²) in [6.07, 6.45) is 1.16. The van der Waals surface area contributed by atoms with Gasteiger partial charge in [0.25, 0.3) is 0 Å². The number of hydrogen-bond donors (Lipinski definition) is 2. The number of anilines is 1. The van der Waals surface area contributed by atoms with Crippen LogP contribution in [0, 0.1) is 0 Å². The summed E-state index contributed by atoms with van der Waals surface area (Å²) < 4.78 is 25.3. The Balaban J connectivity index is 2.76. The predicted molar refractivity (Wildman–Crippen MR) is 94.4 cm³/mol. The fourth-order valence-electron chi connectivity index (χ4n) is 2.10. The maximum atomic E-state index is 12.0. The van der Waals surface area contributed by atoms with Crippen molar-refractivity contribution in [3.63, 3.8) is 0 Å². The highest BCUT2D eigenvalue weighted by molar-refractivity contribution is 7.92. The van der Waals surface area contributed by atoms with Crippen LogP contribution in [0.3, 0.4) is 0 Å². The number of benzene rings is 1. The highest BCUT2D eigenvalue weighted by atomic mass is 32.2. The predicted octanol–water partition coefficient (Wildman–Crippen LogP) is 2.28. The van der Waals surface area contributed by atoms with Crippen molar-refractivity contribution < 1.29 is 13.2 Å². The van der Waals surface area contributed by atoms with Gasteiger partial charge in [-0.05, 0) is 37.5 Å². The average molecular weight is 341 g/mol. The Labute approximate surface area is 139 Å². The van der Waals surface area contributed by atoms with Crippen molar-refractivity contribution in [2.24, 2.45) is 0 Å². The van der Waals surface area contributed by atoms with Crippen molar-refractivity contribution in [3.05, 3.63) is 29.8 Å². The summed E-state index contributed by atoms with van der Waals surface area (Å²) in [5.41, 5.74) is 1.75. The van der Waals surface area contributed by atoms with E-state index in [1.54, 1.807) is 12.1 Å². The van der Waals surface area contributed by atoms with E-state index in [4.69, 9.17) is 0 Å². The van der Waals surface area contributed by atoms with Gasteiger partial charge in [0.05, 0.1) is 18.5 Å². The first-order chi connectivity index (χ1) is 10.6. The van der Waals surface area contributed by atoms with Gasteiger partial charge in [0.15, 0.2) is 0 Å². The highest BCUT2D eigenvalue weighted by Crippen LogP contribution is 2.21. The number of nitrogens with zero attached hydrogens (tertiary/aromatic N) is 1. The van der Waals surface area contributed by atoms with Crippen molar-refractivity contribution in [2.75, 3.05) is 23.7 Å². The lowest BCUT2D eigenvalue weighted by atomic mass is 10.0. The summed E-state index contributed by atoms with van der Waals surface area (Å²) in [5.74, 6) is 0.386. The van der Waals surface area contributed by atoms with Gasteiger partial charge in [-0.15, -0.1) is 0 Å². The average Bonchev–Trinajstić information content (AvgIpc) is 2.41. The third-order valence-electron chi connectivity index (χ3n) is 3.27. The number of carbonyl (C=O) groups is 1. The monoisotopic (exact) mass is 341 g/mol. The minimum Gasteiger partial charge on any atom is -0.336 e. The molecule has 7 heteroatoms. The number of nitrogens with one attached hydrogen (secondary N) is 2. The summed E-state index contributed by atoms with van der Waals surface area (Å²) in [6, 6.07) is 7.18. The van der Waals surface area contributed by atoms with Gasteiger partial charge in [-0.2, -0.15) is 0 Å². The van der Waals surface area contributed by atoms with E-state index in [0.717, 1.165) is 11.8 Å². The fourth-order valence-corrected chi connectivity index (χ4v) is 3.02. The van der Waals surface area contributed by atoms with Crippen molar-refractivity contribution in [1.82, 2.24) is 10.6 Å². The van der Waals surface area contributed by atoms with E-state index in [1.807, 2.05) is 26.0 Å². The third-order valence-corrected chi connectivity index (χ3v) is 4.46. The second-order valence-corrected chi connectivity index (χ2v) is 8.04. The van der Waals surface area contributed by atoms with Gasteiger partial charge >= 0.3 is 6.03 Å². The fraction of sp³-hybridized carbons (Fsp3) is 0.562. The molecule has 0 unspecified atom stereocenters. The van der Waals surface area contributed by atoms with E-state index in [2.05, 4.69) is 24.5 Å². The van der Waals surface area contributed by atoms with E-state index in [9.17, 15) is 13.2 Å². The van der Waals surface area contributed by atoms with Gasteiger partial charge in [-0.25, -0.2) is 13.2 Å². The second kappa shape index (κ2) is 8.19. The molecule has 0 heterocycles. The van der Waals surface area contributed by atoms with Gasteiger partial charge < -0.3 is 10.6 Å². The topological polar surface area (TPSA) is 78.5 Å². The molecule has 2 amide bonds. The number of sulfonamides is 1. The van der Waals surface area contributed by atoms with E-state index < -0.39 is 10.0 Å². The van der Waals surface area contributed by atoms with Crippen molar-refractivity contribution in [2.45, 2.75) is 39.7 Å². The van der Waals surface area contributed by atoms with Crippen LogP contribution in [0.2, 0.25) is 0 Å². The maximum Gasteiger partial charge on any atom is 0.315 e. The lowest BCUT2D eigenvalue weighted by Gasteiger charge is -2.23. The van der Waals surface area contributed by atoms with Crippen LogP contribution >= 0.6 is 0 Å². The molecule has 2 N–H and O–H groups in total. The molecule has 23 heavy (non-hydrogen) atoms. The van der Waals surface area contributed by atoms with Crippen molar-refractivity contribution >= 4 is 21.7 Å². The molecule has 0 atom stereocenters. The van der Waals surface area contributed by atoms with Crippen LogP contribution in [0.25, 0.3) is 0 Å². The van der Waals surface area contributed by atoms with Gasteiger partial charge in [0.1, 0.15) is 0 Å². The van der Waals surface area contributed by atoms with Gasteiger partial charge in [0, 0.05) is 12.6 Å². The number of urea groups is 1. The van der Waals surface area contributed by atoms with Crippen molar-refractivity contribution in [1.29, 1.82) is 0 Å². The molecule has 0 fully saturated rings. The normalized spacial score (nSPS) is 11.6. The Morgan fingerprint density at radius 2 is 1.70 bits per heavy atom. The Morgan fingerprint density at radius 1 is 1.13 bits per heavy atom. The molecule has 0 aromatic heterocycles. The first-order valence-corrected chi connectivity index (χ1v) is 9.58. The lowest BCUT2D eigenvalue weighted by molar-refractivity contribution is 0.239. The van der Waals surface area contributed by atoms with Crippen LogP contribution in [0.5, 0.6) is 0 Å². The molecule has 0 aliphatic rings. The van der Waals surface area contributed by atoms with Crippen LogP contribution in [0.15, 0.2) is 24.3 Å². The summed E-state index contributed by atoms with van der Waals surface area (Å²) in [7, 11) is -3.41. The summed E-state index contributed by atoms with van der Waals surface area (Å²) in [5, 5.41) is 5.36. The Hall–Kier alpha value is -1.76. The molecule has 0 bridgehead atoms. The maximum absolute atomic E-state index is 12.0. The molecule has 0 spiro atoms. The zero-order chi connectivity index (χ0) is 17.6. The van der Waals surface area contributed by atoms with Gasteiger partial charge in [-0.1, -0.05) is 26.0 Å². The smallest absolute Gasteiger partial charge is 0.315 e. The van der Waals surface area contributed by atoms with Crippen LogP contribution < -0.4 is 14.9 Å². The molecule has 0 saturated carbocycles. The first-order valence-electron chi connectivity index (χ1n) is 7.73. The number of carbonyl (C=O) groups excluding carboxylic acids is 1. The van der Waals surface area contributed by atoms with E-state index >= 15 is 0 Å². The van der Waals surface area contributed by atoms with Crippen LogP contribution in [-0.4, -0.2) is 39.8 Å². The molecule has 1 aromatic carbocycles. The second-order valence-electron chi connectivity index (χ2n) is 6.14. The number of amides is 2. The standard InChI is InChI=1S/C16H27N3O3S/c1-12(2)14-6-8-15(9-7-14)19(23(5,21)22)11-10-17-16(20)18-13(3)4/h6-9,12-13H,10-11H2,1-5H3,(H2,17,18,20). The molecule has 0 aliphatic carbocycles. The molecular weight excluding hydrogens is 314 g/mol. The quantitative estimate of drug-likeness (QED) is 0.798. The van der Waals surface area contributed by atoms with Gasteiger partial charge in [0.2, 0.25) is 10.0 Å². The molecular formula is C16H27N3O3S. The molecule has 0 saturated heterocycles. The van der Waals surface area contributed by atoms with Gasteiger partial charge in [-0.3, -0.25) is 4.31 Å². The Kier molecular flexibility index (Phi) is 6.87. The number of rotatable bonds is 7. The zero-order valence-corrected chi connectivity index (χ0v) is 15.3. The lowest BCUT2D eigenvalue weighted by Crippen LogP contribution is -2.43. The summed E-state index contributed by atoms with van der Waals surface area (Å²) in [6.45, 7) is 8.31. The van der Waals surface area contributed by atoms with Crippen molar-refractivity contribution in [3.8, 4) is 0 Å². The summed E-state index contributed by atoms with van der Waals surface area (Å²) in [4.78, 5) is 11.6. The first kappa shape index (κ1) is 19.3. The molecule has 6 nitrogen and oxygen atoms in total. The van der Waals surface area contributed by atoms with Crippen LogP contribution in [-0.2, 0) is 10.0 Å². The highest BCUT2D eigenvalue weighted by Gasteiger charge is 2.17. The molecule has 1 aromatic rings. The minimum atomic E-state index is -3.41. The van der Waals surface area contributed by atoms with E-state index in [1.165, 1.54) is 4.31 Å². The van der Waals surface area contributed by atoms with E-state index in [-0.39, 0.29) is 25.2 Å². The molecule has 0 aliphatic heterocycles. The van der Waals surface area contributed by atoms with Crippen LogP contribution in [0.4, 0.5) is 10.5 Å². The Morgan fingerprint density at radius 3 is 2.13 bits per heavy atom. The minimum absolute atomic E-state index is 0.0320. The zero-order valence-electron chi connectivity index (χ0n) is 14.5. The largest absolute Gasteiger partial charge is 0.336 e. The van der Waals surface area contributed by atoms with E-state index in [0.29, 0.717) is 11.6 Å². The van der Waals surface area contributed by atoms with Crippen LogP contribution in [0.1, 0.15) is 39.2 Å². The molecule has 130 valence electrons.